The SMILES string of the molecule is CCCCn1c(Cc2ccccc2)nnc1Cc1ccccc1-c1ccccc1. The highest BCUT2D eigenvalue weighted by atomic mass is 15.3. The number of aromatic nitrogens is 3. The van der Waals surface area contributed by atoms with Gasteiger partial charge in [-0.1, -0.05) is 98.3 Å². The van der Waals surface area contributed by atoms with Crippen LogP contribution in [0.2, 0.25) is 0 Å². The smallest absolute Gasteiger partial charge is 0.137 e. The summed E-state index contributed by atoms with van der Waals surface area (Å²) in [6.07, 6.45) is 3.89. The van der Waals surface area contributed by atoms with Gasteiger partial charge in [-0.25, -0.2) is 0 Å². The Morgan fingerprint density at radius 3 is 2.03 bits per heavy atom. The van der Waals surface area contributed by atoms with E-state index in [-0.39, 0.29) is 0 Å². The van der Waals surface area contributed by atoms with Gasteiger partial charge < -0.3 is 4.57 Å². The van der Waals surface area contributed by atoms with Crippen LogP contribution in [0.3, 0.4) is 0 Å². The monoisotopic (exact) mass is 381 g/mol. The van der Waals surface area contributed by atoms with Crippen LogP contribution in [-0.4, -0.2) is 14.8 Å². The second-order valence-electron chi connectivity index (χ2n) is 7.40. The molecule has 3 nitrogen and oxygen atoms in total. The van der Waals surface area contributed by atoms with Gasteiger partial charge in [0.2, 0.25) is 0 Å². The zero-order chi connectivity index (χ0) is 19.9. The zero-order valence-electron chi connectivity index (χ0n) is 17.0. The Morgan fingerprint density at radius 1 is 0.690 bits per heavy atom. The van der Waals surface area contributed by atoms with Crippen molar-refractivity contribution >= 4 is 0 Å². The van der Waals surface area contributed by atoms with E-state index >= 15 is 0 Å². The summed E-state index contributed by atoms with van der Waals surface area (Å²) in [5.41, 5.74) is 5.07. The number of hydrogen-bond donors (Lipinski definition) is 0. The molecule has 29 heavy (non-hydrogen) atoms. The summed E-state index contributed by atoms with van der Waals surface area (Å²) in [6.45, 7) is 3.19. The first kappa shape index (κ1) is 19.1. The van der Waals surface area contributed by atoms with E-state index in [9.17, 15) is 0 Å². The molecule has 4 aromatic rings. The normalized spacial score (nSPS) is 10.9. The van der Waals surface area contributed by atoms with E-state index in [2.05, 4.69) is 107 Å². The van der Waals surface area contributed by atoms with Crippen LogP contribution in [0, 0.1) is 0 Å². The lowest BCUT2D eigenvalue weighted by molar-refractivity contribution is 0.589. The molecule has 0 saturated carbocycles. The highest BCUT2D eigenvalue weighted by Crippen LogP contribution is 2.25. The molecule has 1 heterocycles. The summed E-state index contributed by atoms with van der Waals surface area (Å²) in [5, 5.41) is 9.18. The van der Waals surface area contributed by atoms with Crippen LogP contribution in [0.4, 0.5) is 0 Å². The third-order valence-electron chi connectivity index (χ3n) is 5.30. The lowest BCUT2D eigenvalue weighted by atomic mass is 9.97. The molecule has 0 aliphatic rings. The van der Waals surface area contributed by atoms with Crippen LogP contribution in [0.25, 0.3) is 11.1 Å². The molecule has 0 saturated heterocycles. The molecule has 1 aromatic heterocycles. The van der Waals surface area contributed by atoms with Crippen LogP contribution in [0.15, 0.2) is 84.9 Å². The molecule has 0 unspecified atom stereocenters. The molecule has 0 atom stereocenters. The van der Waals surface area contributed by atoms with Crippen LogP contribution < -0.4 is 0 Å². The fraction of sp³-hybridized carbons (Fsp3) is 0.231. The predicted molar refractivity (Wildman–Crippen MR) is 119 cm³/mol. The standard InChI is InChI=1S/C26H27N3/c1-2-3-18-29-25(19-21-12-6-4-7-13-21)27-28-26(29)20-23-16-10-11-17-24(23)22-14-8-5-9-15-22/h4-17H,2-3,18-20H2,1H3. The molecule has 146 valence electrons. The Hall–Kier alpha value is -3.20. The van der Waals surface area contributed by atoms with E-state index in [1.165, 1.54) is 22.3 Å². The highest BCUT2D eigenvalue weighted by molar-refractivity contribution is 5.67. The van der Waals surface area contributed by atoms with Gasteiger partial charge in [0.05, 0.1) is 0 Å². The molecule has 0 spiro atoms. The molecule has 0 fully saturated rings. The fourth-order valence-electron chi connectivity index (χ4n) is 3.73. The van der Waals surface area contributed by atoms with Crippen molar-refractivity contribution in [2.45, 2.75) is 39.2 Å². The van der Waals surface area contributed by atoms with Crippen molar-refractivity contribution in [1.29, 1.82) is 0 Å². The number of nitrogens with zero attached hydrogens (tertiary/aromatic N) is 3. The summed E-state index contributed by atoms with van der Waals surface area (Å²) < 4.78 is 2.33. The summed E-state index contributed by atoms with van der Waals surface area (Å²) in [7, 11) is 0. The average Bonchev–Trinajstić information content (AvgIpc) is 3.15. The van der Waals surface area contributed by atoms with Gasteiger partial charge in [0.1, 0.15) is 11.6 Å². The quantitative estimate of drug-likeness (QED) is 0.379. The molecular weight excluding hydrogens is 354 g/mol. The topological polar surface area (TPSA) is 30.7 Å². The molecule has 0 aliphatic heterocycles. The highest BCUT2D eigenvalue weighted by Gasteiger charge is 2.15. The number of unbranched alkanes of at least 4 members (excludes halogenated alkanes) is 1. The van der Waals surface area contributed by atoms with Crippen LogP contribution in [0.1, 0.15) is 42.5 Å². The first-order chi connectivity index (χ1) is 14.3. The molecular formula is C26H27N3. The molecule has 4 rings (SSSR count). The first-order valence-electron chi connectivity index (χ1n) is 10.4. The molecule has 3 aromatic carbocycles. The number of hydrogen-bond acceptors (Lipinski definition) is 2. The van der Waals surface area contributed by atoms with Crippen molar-refractivity contribution < 1.29 is 0 Å². The van der Waals surface area contributed by atoms with Crippen LogP contribution in [-0.2, 0) is 19.4 Å². The number of benzene rings is 3. The average molecular weight is 382 g/mol. The van der Waals surface area contributed by atoms with E-state index in [1.54, 1.807) is 0 Å². The minimum Gasteiger partial charge on any atom is -0.314 e. The van der Waals surface area contributed by atoms with Crippen molar-refractivity contribution in [1.82, 2.24) is 14.8 Å². The van der Waals surface area contributed by atoms with E-state index in [0.717, 1.165) is 43.9 Å². The largest absolute Gasteiger partial charge is 0.314 e. The summed E-state index contributed by atoms with van der Waals surface area (Å²) in [6, 6.07) is 29.7. The third kappa shape index (κ3) is 4.62. The lowest BCUT2D eigenvalue weighted by Crippen LogP contribution is -2.09. The Labute approximate surface area is 173 Å². The van der Waals surface area contributed by atoms with Gasteiger partial charge in [-0.05, 0) is 28.7 Å². The van der Waals surface area contributed by atoms with Gasteiger partial charge in [-0.3, -0.25) is 0 Å². The Bertz CT molecular complexity index is 1040. The van der Waals surface area contributed by atoms with Gasteiger partial charge >= 0.3 is 0 Å². The van der Waals surface area contributed by atoms with Gasteiger partial charge in [-0.15, -0.1) is 10.2 Å². The van der Waals surface area contributed by atoms with Gasteiger partial charge in [0, 0.05) is 19.4 Å². The lowest BCUT2D eigenvalue weighted by Gasteiger charge is -2.13. The van der Waals surface area contributed by atoms with E-state index in [4.69, 9.17) is 0 Å². The second kappa shape index (κ2) is 9.33. The van der Waals surface area contributed by atoms with Crippen molar-refractivity contribution in [3.05, 3.63) is 108 Å². The van der Waals surface area contributed by atoms with Gasteiger partial charge in [0.15, 0.2) is 0 Å². The Balaban J connectivity index is 1.66. The molecule has 0 bridgehead atoms. The predicted octanol–water partition coefficient (Wildman–Crippen LogP) is 5.93. The Kier molecular flexibility index (Phi) is 6.16. The summed E-state index contributed by atoms with van der Waals surface area (Å²) in [5.74, 6) is 2.10. The van der Waals surface area contributed by atoms with E-state index in [0.29, 0.717) is 0 Å². The van der Waals surface area contributed by atoms with Gasteiger partial charge in [-0.2, -0.15) is 0 Å². The van der Waals surface area contributed by atoms with Crippen molar-refractivity contribution in [3.8, 4) is 11.1 Å². The van der Waals surface area contributed by atoms with Crippen LogP contribution in [0.5, 0.6) is 0 Å². The van der Waals surface area contributed by atoms with Crippen molar-refractivity contribution in [2.24, 2.45) is 0 Å². The third-order valence-corrected chi connectivity index (χ3v) is 5.30. The van der Waals surface area contributed by atoms with E-state index in [1.807, 2.05) is 0 Å². The van der Waals surface area contributed by atoms with Gasteiger partial charge in [0.25, 0.3) is 0 Å². The maximum atomic E-state index is 4.61. The molecule has 0 radical (unpaired) electrons. The minimum absolute atomic E-state index is 0.788. The first-order valence-corrected chi connectivity index (χ1v) is 10.4. The fourth-order valence-corrected chi connectivity index (χ4v) is 3.73. The zero-order valence-corrected chi connectivity index (χ0v) is 17.0. The van der Waals surface area contributed by atoms with Crippen LogP contribution >= 0.6 is 0 Å². The molecule has 0 aliphatic carbocycles. The maximum Gasteiger partial charge on any atom is 0.137 e. The Morgan fingerprint density at radius 2 is 1.31 bits per heavy atom. The molecule has 3 heteroatoms. The molecule has 0 N–H and O–H groups in total. The maximum absolute atomic E-state index is 4.61. The second-order valence-corrected chi connectivity index (χ2v) is 7.40. The van der Waals surface area contributed by atoms with Crippen molar-refractivity contribution in [3.63, 3.8) is 0 Å². The summed E-state index contributed by atoms with van der Waals surface area (Å²) in [4.78, 5) is 0. The van der Waals surface area contributed by atoms with E-state index < -0.39 is 0 Å². The molecule has 0 amide bonds. The minimum atomic E-state index is 0.788. The summed E-state index contributed by atoms with van der Waals surface area (Å²) >= 11 is 0. The van der Waals surface area contributed by atoms with Crippen molar-refractivity contribution in [2.75, 3.05) is 0 Å². The number of rotatable bonds is 8.